The van der Waals surface area contributed by atoms with Crippen LogP contribution in [0.1, 0.15) is 44.0 Å². The Kier molecular flexibility index (Phi) is 7.88. The quantitative estimate of drug-likeness (QED) is 0.597. The van der Waals surface area contributed by atoms with E-state index in [2.05, 4.69) is 40.1 Å². The van der Waals surface area contributed by atoms with Crippen molar-refractivity contribution >= 4 is 11.9 Å². The van der Waals surface area contributed by atoms with Crippen LogP contribution >= 0.6 is 0 Å². The largest absolute Gasteiger partial charge is 0.469 e. The molecular formula is C25H33N5O3. The number of rotatable bonds is 8. The third-order valence-corrected chi connectivity index (χ3v) is 6.19. The zero-order valence-electron chi connectivity index (χ0n) is 19.8. The number of carbonyl (C=O) groups excluding carboxylic acids is 2. The van der Waals surface area contributed by atoms with Crippen LogP contribution in [0.5, 0.6) is 0 Å². The maximum atomic E-state index is 13.5. The van der Waals surface area contributed by atoms with Gasteiger partial charge >= 0.3 is 5.97 Å². The summed E-state index contributed by atoms with van der Waals surface area (Å²) in [4.78, 5) is 35.3. The Labute approximate surface area is 195 Å². The van der Waals surface area contributed by atoms with E-state index in [1.807, 2.05) is 19.1 Å². The van der Waals surface area contributed by atoms with Crippen LogP contribution < -0.4 is 5.32 Å². The van der Waals surface area contributed by atoms with Gasteiger partial charge in [-0.3, -0.25) is 9.59 Å². The number of ether oxygens (including phenoxy) is 1. The summed E-state index contributed by atoms with van der Waals surface area (Å²) < 4.78 is 5.00. The van der Waals surface area contributed by atoms with Gasteiger partial charge in [-0.05, 0) is 37.0 Å². The molecule has 0 aliphatic carbocycles. The molecular weight excluding hydrogens is 418 g/mol. The number of aromatic nitrogens is 2. The molecule has 1 amide bonds. The summed E-state index contributed by atoms with van der Waals surface area (Å²) in [5.41, 5.74) is 1.64. The first-order valence-electron chi connectivity index (χ1n) is 11.3. The topological polar surface area (TPSA) is 111 Å². The molecule has 2 aromatic rings. The molecule has 1 saturated heterocycles. The lowest BCUT2D eigenvalue weighted by Gasteiger charge is -2.39. The van der Waals surface area contributed by atoms with Gasteiger partial charge in [0.2, 0.25) is 5.91 Å². The molecule has 0 saturated carbocycles. The third-order valence-electron chi connectivity index (χ3n) is 6.19. The molecule has 1 aromatic carbocycles. The molecule has 1 unspecified atom stereocenters. The molecule has 176 valence electrons. The van der Waals surface area contributed by atoms with Crippen LogP contribution in [0.3, 0.4) is 0 Å². The van der Waals surface area contributed by atoms with Gasteiger partial charge in [-0.15, -0.1) is 0 Å². The van der Waals surface area contributed by atoms with Crippen molar-refractivity contribution in [2.75, 3.05) is 26.7 Å². The second-order valence-corrected chi connectivity index (χ2v) is 9.54. The minimum Gasteiger partial charge on any atom is -0.469 e. The first-order valence-corrected chi connectivity index (χ1v) is 11.3. The molecule has 2 N–H and O–H groups in total. The van der Waals surface area contributed by atoms with Crippen molar-refractivity contribution < 1.29 is 14.3 Å². The monoisotopic (exact) mass is 451 g/mol. The van der Waals surface area contributed by atoms with Crippen LogP contribution in [-0.2, 0) is 26.3 Å². The van der Waals surface area contributed by atoms with Crippen LogP contribution in [0, 0.1) is 29.1 Å². The number of nitrogens with zero attached hydrogens (tertiary/aromatic N) is 3. The average molecular weight is 452 g/mol. The highest BCUT2D eigenvalue weighted by atomic mass is 16.5. The summed E-state index contributed by atoms with van der Waals surface area (Å²) in [5, 5.41) is 12.3. The van der Waals surface area contributed by atoms with Crippen molar-refractivity contribution in [1.82, 2.24) is 20.2 Å². The van der Waals surface area contributed by atoms with Crippen molar-refractivity contribution in [2.24, 2.45) is 17.8 Å². The first kappa shape index (κ1) is 24.5. The average Bonchev–Trinajstić information content (AvgIpc) is 3.34. The highest BCUT2D eigenvalue weighted by Crippen LogP contribution is 2.28. The van der Waals surface area contributed by atoms with E-state index < -0.39 is 5.54 Å². The Bertz CT molecular complexity index is 980. The number of nitriles is 1. The fraction of sp³-hybridized carbons (Fsp3) is 0.520. The molecule has 1 aromatic heterocycles. The van der Waals surface area contributed by atoms with E-state index in [-0.39, 0.29) is 23.7 Å². The predicted molar refractivity (Wildman–Crippen MR) is 124 cm³/mol. The second kappa shape index (κ2) is 10.6. The Morgan fingerprint density at radius 2 is 2.00 bits per heavy atom. The number of nitrogens with one attached hydrogen (secondary N) is 2. The predicted octanol–water partition coefficient (Wildman–Crippen LogP) is 2.62. The van der Waals surface area contributed by atoms with Crippen LogP contribution in [0.4, 0.5) is 0 Å². The molecule has 0 bridgehead atoms. The molecule has 2 heterocycles. The smallest absolute Gasteiger partial charge is 0.309 e. The molecule has 8 nitrogen and oxygen atoms in total. The maximum absolute atomic E-state index is 13.5. The summed E-state index contributed by atoms with van der Waals surface area (Å²) in [6, 6.07) is 9.48. The zero-order chi connectivity index (χ0) is 24.0. The van der Waals surface area contributed by atoms with Gasteiger partial charge in [0.15, 0.2) is 0 Å². The molecule has 0 spiro atoms. The van der Waals surface area contributed by atoms with Crippen molar-refractivity contribution in [3.8, 4) is 6.07 Å². The van der Waals surface area contributed by atoms with Gasteiger partial charge in [-0.2, -0.15) is 5.26 Å². The Morgan fingerprint density at radius 3 is 2.58 bits per heavy atom. The van der Waals surface area contributed by atoms with E-state index in [0.717, 1.165) is 17.8 Å². The number of hydrogen-bond acceptors (Lipinski definition) is 6. The minimum absolute atomic E-state index is 0.0943. The van der Waals surface area contributed by atoms with Gasteiger partial charge < -0.3 is 19.9 Å². The highest BCUT2D eigenvalue weighted by Gasteiger charge is 2.39. The normalized spacial score (nSPS) is 20.6. The van der Waals surface area contributed by atoms with Crippen LogP contribution in [0.25, 0.3) is 0 Å². The number of aromatic amines is 1. The molecule has 33 heavy (non-hydrogen) atoms. The van der Waals surface area contributed by atoms with E-state index in [4.69, 9.17) is 10.00 Å². The maximum Gasteiger partial charge on any atom is 0.309 e. The van der Waals surface area contributed by atoms with E-state index in [9.17, 15) is 9.59 Å². The molecule has 1 fully saturated rings. The standard InChI is InChI=1S/C25H33N5O3/c1-17(2)13-30-14-20(9-21(15-30)24(32)33-4)23(31)29-25(3,22-12-27-16-28-22)10-18-5-7-19(11-26)8-6-18/h5-8,12,16-17,20-21H,9-10,13-15H2,1-4H3,(H,27,28)(H,29,31)/t20-,21+,25?/m0/s1. The number of amides is 1. The SMILES string of the molecule is COC(=O)[C@@H]1C[C@H](C(=O)NC(C)(Cc2ccc(C#N)cc2)c2cnc[nH]2)CN(CC(C)C)C1. The van der Waals surface area contributed by atoms with E-state index in [0.29, 0.717) is 37.4 Å². The van der Waals surface area contributed by atoms with Gasteiger partial charge in [-0.25, -0.2) is 4.98 Å². The number of methoxy groups -OCH3 is 1. The number of imidazole rings is 1. The van der Waals surface area contributed by atoms with Crippen LogP contribution in [0.15, 0.2) is 36.8 Å². The number of hydrogen-bond donors (Lipinski definition) is 2. The zero-order valence-corrected chi connectivity index (χ0v) is 19.8. The first-order chi connectivity index (χ1) is 15.7. The fourth-order valence-corrected chi connectivity index (χ4v) is 4.63. The number of H-pyrrole nitrogens is 1. The van der Waals surface area contributed by atoms with Crippen LogP contribution in [0.2, 0.25) is 0 Å². The van der Waals surface area contributed by atoms with Gasteiger partial charge in [-0.1, -0.05) is 26.0 Å². The molecule has 8 heteroatoms. The van der Waals surface area contributed by atoms with Crippen molar-refractivity contribution in [3.63, 3.8) is 0 Å². The van der Waals surface area contributed by atoms with Crippen LogP contribution in [-0.4, -0.2) is 53.5 Å². The van der Waals surface area contributed by atoms with Gasteiger partial charge in [0.1, 0.15) is 0 Å². The molecule has 3 rings (SSSR count). The molecule has 1 aliphatic heterocycles. The van der Waals surface area contributed by atoms with Gasteiger partial charge in [0.05, 0.1) is 54.3 Å². The molecule has 3 atom stereocenters. The number of carbonyl (C=O) groups is 2. The minimum atomic E-state index is -0.733. The lowest BCUT2D eigenvalue weighted by molar-refractivity contribution is -0.149. The van der Waals surface area contributed by atoms with Crippen molar-refractivity contribution in [3.05, 3.63) is 53.6 Å². The summed E-state index contributed by atoms with van der Waals surface area (Å²) in [7, 11) is 1.39. The fourth-order valence-electron chi connectivity index (χ4n) is 4.63. The van der Waals surface area contributed by atoms with E-state index >= 15 is 0 Å². The number of piperidine rings is 1. The third kappa shape index (κ3) is 6.20. The van der Waals surface area contributed by atoms with Crippen molar-refractivity contribution in [1.29, 1.82) is 5.26 Å². The highest BCUT2D eigenvalue weighted by molar-refractivity contribution is 5.81. The summed E-state index contributed by atoms with van der Waals surface area (Å²) in [6.07, 6.45) is 4.29. The summed E-state index contributed by atoms with van der Waals surface area (Å²) in [5.74, 6) is -0.588. The lowest BCUT2D eigenvalue weighted by atomic mass is 9.85. The Hall–Kier alpha value is -3.18. The number of likely N-dealkylation sites (tertiary alicyclic amines) is 1. The van der Waals surface area contributed by atoms with E-state index in [1.54, 1.807) is 24.7 Å². The van der Waals surface area contributed by atoms with Gasteiger partial charge in [0.25, 0.3) is 0 Å². The van der Waals surface area contributed by atoms with Gasteiger partial charge in [0, 0.05) is 26.1 Å². The second-order valence-electron chi connectivity index (χ2n) is 9.54. The van der Waals surface area contributed by atoms with E-state index in [1.165, 1.54) is 7.11 Å². The Balaban J connectivity index is 1.81. The Morgan fingerprint density at radius 1 is 1.30 bits per heavy atom. The molecule has 1 aliphatic rings. The lowest BCUT2D eigenvalue weighted by Crippen LogP contribution is -2.53. The number of benzene rings is 1. The summed E-state index contributed by atoms with van der Waals surface area (Å²) >= 11 is 0. The molecule has 0 radical (unpaired) electrons. The van der Waals surface area contributed by atoms with Crippen molar-refractivity contribution in [2.45, 2.75) is 39.2 Å². The number of esters is 1. The summed E-state index contributed by atoms with van der Waals surface area (Å²) in [6.45, 7) is 8.25.